The molecule has 9 heteroatoms. The van der Waals surface area contributed by atoms with Gasteiger partial charge < -0.3 is 4.57 Å². The molecule has 0 aliphatic rings. The van der Waals surface area contributed by atoms with Crippen molar-refractivity contribution < 1.29 is 17.6 Å². The van der Waals surface area contributed by atoms with Gasteiger partial charge in [0.2, 0.25) is 0 Å². The van der Waals surface area contributed by atoms with E-state index in [1.807, 2.05) is 5.43 Å². The van der Waals surface area contributed by atoms with Gasteiger partial charge in [0.1, 0.15) is 16.4 Å². The minimum atomic E-state index is -4.03. The zero-order chi connectivity index (χ0) is 16.5. The molecule has 1 heterocycles. The van der Waals surface area contributed by atoms with Crippen molar-refractivity contribution >= 4 is 21.6 Å². The first-order chi connectivity index (χ1) is 10.2. The Morgan fingerprint density at radius 2 is 2.00 bits per heavy atom. The molecule has 2 rings (SSSR count). The monoisotopic (exact) mass is 326 g/mol. The molecule has 0 aliphatic heterocycles. The Morgan fingerprint density at radius 1 is 1.32 bits per heavy atom. The second-order valence-electron chi connectivity index (χ2n) is 4.73. The number of rotatable bonds is 4. The number of nitrogens with one attached hydrogen (secondary N) is 2. The van der Waals surface area contributed by atoms with Crippen LogP contribution < -0.4 is 16.0 Å². The summed E-state index contributed by atoms with van der Waals surface area (Å²) in [5.74, 6) is 3.70. The maximum absolute atomic E-state index is 13.7. The fourth-order valence-electron chi connectivity index (χ4n) is 1.90. The number of carbonyl (C=O) groups excluding carboxylic acids is 1. The number of benzene rings is 1. The summed E-state index contributed by atoms with van der Waals surface area (Å²) in [5, 5.41) is 0. The lowest BCUT2D eigenvalue weighted by Crippen LogP contribution is -2.31. The number of carbonyl (C=O) groups is 1. The lowest BCUT2D eigenvalue weighted by molar-refractivity contribution is 0.0945. The van der Waals surface area contributed by atoms with Gasteiger partial charge in [-0.05, 0) is 30.7 Å². The quantitative estimate of drug-likeness (QED) is 0.440. The largest absolute Gasteiger partial charge is 0.345 e. The van der Waals surface area contributed by atoms with Crippen LogP contribution >= 0.6 is 0 Å². The van der Waals surface area contributed by atoms with Gasteiger partial charge in [-0.2, -0.15) is 0 Å². The Labute approximate surface area is 127 Å². The normalized spacial score (nSPS) is 11.3. The summed E-state index contributed by atoms with van der Waals surface area (Å²) in [6.07, 6.45) is 1.24. The van der Waals surface area contributed by atoms with Crippen molar-refractivity contribution in [1.29, 1.82) is 0 Å². The summed E-state index contributed by atoms with van der Waals surface area (Å²) in [6, 6.07) is 5.23. The van der Waals surface area contributed by atoms with Crippen LogP contribution in [0.15, 0.2) is 35.4 Å². The molecule has 0 radical (unpaired) electrons. The third-order valence-electron chi connectivity index (χ3n) is 3.02. The summed E-state index contributed by atoms with van der Waals surface area (Å²) in [4.78, 5) is 11.3. The van der Waals surface area contributed by atoms with Crippen LogP contribution in [0.4, 0.5) is 10.1 Å². The van der Waals surface area contributed by atoms with Crippen molar-refractivity contribution in [2.45, 2.75) is 11.8 Å². The second kappa shape index (κ2) is 5.78. The van der Waals surface area contributed by atoms with E-state index in [-0.39, 0.29) is 16.3 Å². The number of aryl methyl sites for hydroxylation is 2. The molecule has 1 aromatic heterocycles. The summed E-state index contributed by atoms with van der Waals surface area (Å²) < 4.78 is 41.7. The molecule has 0 saturated heterocycles. The number of anilines is 1. The van der Waals surface area contributed by atoms with E-state index >= 15 is 0 Å². The lowest BCUT2D eigenvalue weighted by Gasteiger charge is -2.08. The minimum Gasteiger partial charge on any atom is -0.345 e. The Morgan fingerprint density at radius 3 is 2.64 bits per heavy atom. The smallest absolute Gasteiger partial charge is 0.281 e. The van der Waals surface area contributed by atoms with Crippen molar-refractivity contribution in [1.82, 2.24) is 9.99 Å². The summed E-state index contributed by atoms with van der Waals surface area (Å²) >= 11 is 0. The van der Waals surface area contributed by atoms with Crippen molar-refractivity contribution in [2.75, 3.05) is 4.72 Å². The number of hydrogen-bond acceptors (Lipinski definition) is 4. The average Bonchev–Trinajstić information content (AvgIpc) is 2.85. The van der Waals surface area contributed by atoms with E-state index in [9.17, 15) is 17.6 Å². The Kier molecular flexibility index (Phi) is 4.20. The summed E-state index contributed by atoms with van der Waals surface area (Å²) in [7, 11) is -2.53. The number of nitrogens with zero attached hydrogens (tertiary/aromatic N) is 1. The highest BCUT2D eigenvalue weighted by molar-refractivity contribution is 7.92. The Balaban J connectivity index is 2.39. The summed E-state index contributed by atoms with van der Waals surface area (Å²) in [6.45, 7) is 1.71. The van der Waals surface area contributed by atoms with Crippen LogP contribution in [0.5, 0.6) is 0 Å². The van der Waals surface area contributed by atoms with E-state index < -0.39 is 21.7 Å². The molecule has 0 aliphatic carbocycles. The van der Waals surface area contributed by atoms with Crippen LogP contribution in [0.1, 0.15) is 16.1 Å². The number of halogens is 1. The molecular formula is C13H15FN4O3S. The number of sulfonamides is 1. The van der Waals surface area contributed by atoms with Crippen LogP contribution in [0.2, 0.25) is 0 Å². The first-order valence-corrected chi connectivity index (χ1v) is 7.69. The van der Waals surface area contributed by atoms with E-state index in [4.69, 9.17) is 5.84 Å². The molecule has 22 heavy (non-hydrogen) atoms. The number of nitrogens with two attached hydrogens (primary N) is 1. The van der Waals surface area contributed by atoms with Gasteiger partial charge in [-0.3, -0.25) is 14.9 Å². The first-order valence-electron chi connectivity index (χ1n) is 6.21. The number of aromatic nitrogens is 1. The second-order valence-corrected chi connectivity index (χ2v) is 6.42. The lowest BCUT2D eigenvalue weighted by atomic mass is 10.2. The highest BCUT2D eigenvalue weighted by Crippen LogP contribution is 2.21. The maximum Gasteiger partial charge on any atom is 0.281 e. The Hall–Kier alpha value is -2.39. The first kappa shape index (κ1) is 16.0. The van der Waals surface area contributed by atoms with Gasteiger partial charge >= 0.3 is 0 Å². The molecule has 0 saturated carbocycles. The number of hydrogen-bond donors (Lipinski definition) is 3. The molecule has 7 nitrogen and oxygen atoms in total. The van der Waals surface area contributed by atoms with Crippen molar-refractivity contribution in [3.05, 3.63) is 47.5 Å². The molecule has 0 bridgehead atoms. The molecule has 0 spiro atoms. The van der Waals surface area contributed by atoms with Gasteiger partial charge in [0.15, 0.2) is 0 Å². The van der Waals surface area contributed by atoms with Gasteiger partial charge in [0.25, 0.3) is 15.9 Å². The predicted molar refractivity (Wildman–Crippen MR) is 79.0 cm³/mol. The zero-order valence-corrected chi connectivity index (χ0v) is 12.7. The zero-order valence-electron chi connectivity index (χ0n) is 11.9. The third-order valence-corrected chi connectivity index (χ3v) is 4.35. The van der Waals surface area contributed by atoms with E-state index in [1.54, 1.807) is 6.92 Å². The van der Waals surface area contributed by atoms with Crippen LogP contribution in [-0.4, -0.2) is 18.9 Å². The highest BCUT2D eigenvalue weighted by Gasteiger charge is 2.21. The molecule has 0 fully saturated rings. The predicted octanol–water partition coefficient (Wildman–Crippen LogP) is 0.877. The minimum absolute atomic E-state index is 0.0626. The molecular weight excluding hydrogens is 311 g/mol. The molecule has 1 amide bonds. The van der Waals surface area contributed by atoms with E-state index in [0.29, 0.717) is 5.56 Å². The molecule has 2 aromatic rings. The molecule has 0 atom stereocenters. The third kappa shape index (κ3) is 3.10. The molecule has 1 aromatic carbocycles. The average molecular weight is 326 g/mol. The molecule has 0 unspecified atom stereocenters. The number of amides is 1. The van der Waals surface area contributed by atoms with Crippen LogP contribution in [0.3, 0.4) is 0 Å². The fourth-order valence-corrected chi connectivity index (χ4v) is 3.03. The fraction of sp³-hybridized carbons (Fsp3) is 0.154. The van der Waals surface area contributed by atoms with Gasteiger partial charge in [-0.25, -0.2) is 18.7 Å². The SMILES string of the molecule is Cc1ccc(F)c(NS(=O)(=O)c2cc(C(=O)NN)n(C)c2)c1. The number of hydrazine groups is 1. The van der Waals surface area contributed by atoms with E-state index in [0.717, 1.165) is 6.07 Å². The van der Waals surface area contributed by atoms with Gasteiger partial charge in [-0.1, -0.05) is 6.07 Å². The van der Waals surface area contributed by atoms with Crippen molar-refractivity contribution in [3.8, 4) is 0 Å². The Bertz CT molecular complexity index is 830. The standard InChI is InChI=1S/C13H15FN4O3S/c1-8-3-4-10(14)11(5-8)17-22(20,21)9-6-12(13(19)16-15)18(2)7-9/h3-7,17H,15H2,1-2H3,(H,16,19). The van der Waals surface area contributed by atoms with Crippen LogP contribution in [0, 0.1) is 12.7 Å². The van der Waals surface area contributed by atoms with E-state index in [1.165, 1.54) is 36.0 Å². The molecule has 4 N–H and O–H groups in total. The van der Waals surface area contributed by atoms with E-state index in [2.05, 4.69) is 4.72 Å². The van der Waals surface area contributed by atoms with Gasteiger partial charge in [0.05, 0.1) is 5.69 Å². The van der Waals surface area contributed by atoms with Crippen molar-refractivity contribution in [2.24, 2.45) is 12.9 Å². The maximum atomic E-state index is 13.7. The topological polar surface area (TPSA) is 106 Å². The highest BCUT2D eigenvalue weighted by atomic mass is 32.2. The molecule has 118 valence electrons. The van der Waals surface area contributed by atoms with Crippen molar-refractivity contribution in [3.63, 3.8) is 0 Å². The number of nitrogen functional groups attached to an aromatic ring is 1. The van der Waals surface area contributed by atoms with Gasteiger partial charge in [0, 0.05) is 13.2 Å². The van der Waals surface area contributed by atoms with Crippen LogP contribution in [-0.2, 0) is 17.1 Å². The van der Waals surface area contributed by atoms with Crippen LogP contribution in [0.25, 0.3) is 0 Å². The summed E-state index contributed by atoms with van der Waals surface area (Å²) in [5.41, 5.74) is 2.53. The van der Waals surface area contributed by atoms with Gasteiger partial charge in [-0.15, -0.1) is 0 Å².